The van der Waals surface area contributed by atoms with Crippen LogP contribution in [0.15, 0.2) is 54.2 Å². The molecule has 0 spiro atoms. The summed E-state index contributed by atoms with van der Waals surface area (Å²) in [6.45, 7) is 1.54. The highest BCUT2D eigenvalue weighted by molar-refractivity contribution is 6.05. The lowest BCUT2D eigenvalue weighted by molar-refractivity contribution is -0.145. The van der Waals surface area contributed by atoms with Gasteiger partial charge in [0, 0.05) is 32.3 Å². The van der Waals surface area contributed by atoms with Crippen molar-refractivity contribution in [1.29, 1.82) is 0 Å². The minimum atomic E-state index is -0.776. The zero-order valence-electron chi connectivity index (χ0n) is 17.3. The average molecular weight is 406 g/mol. The van der Waals surface area contributed by atoms with E-state index in [1.807, 2.05) is 60.5 Å². The number of amides is 1. The van der Waals surface area contributed by atoms with Crippen molar-refractivity contribution < 1.29 is 19.4 Å². The third-order valence-electron chi connectivity index (χ3n) is 6.01. The van der Waals surface area contributed by atoms with E-state index < -0.39 is 5.97 Å². The molecule has 156 valence electrons. The number of carboxylic acid groups (broad SMARTS) is 1. The van der Waals surface area contributed by atoms with E-state index in [-0.39, 0.29) is 11.8 Å². The molecule has 2 aliphatic rings. The molecule has 1 fully saturated rings. The van der Waals surface area contributed by atoms with Crippen molar-refractivity contribution in [3.8, 4) is 5.75 Å². The Morgan fingerprint density at radius 3 is 2.40 bits per heavy atom. The third kappa shape index (κ3) is 3.65. The van der Waals surface area contributed by atoms with Gasteiger partial charge in [0.05, 0.1) is 13.0 Å². The summed E-state index contributed by atoms with van der Waals surface area (Å²) >= 11 is 0. The van der Waals surface area contributed by atoms with Crippen molar-refractivity contribution in [2.24, 2.45) is 5.92 Å². The molecule has 0 radical (unpaired) electrons. The van der Waals surface area contributed by atoms with Crippen LogP contribution >= 0.6 is 0 Å². The van der Waals surface area contributed by atoms with Gasteiger partial charge in [-0.1, -0.05) is 36.4 Å². The topological polar surface area (TPSA) is 70.1 Å². The molecular formula is C24H26N2O4. The molecule has 0 bridgehead atoms. The molecule has 30 heavy (non-hydrogen) atoms. The second kappa shape index (κ2) is 8.22. The number of nitrogens with zero attached hydrogens (tertiary/aromatic N) is 2. The number of fused-ring (bicyclic) bond motifs is 1. The molecule has 2 aliphatic heterocycles. The molecule has 0 atom stereocenters. The maximum atomic E-state index is 13.6. The Kier molecular flexibility index (Phi) is 5.48. The predicted octanol–water partition coefficient (Wildman–Crippen LogP) is 3.22. The van der Waals surface area contributed by atoms with E-state index in [9.17, 15) is 14.7 Å². The van der Waals surface area contributed by atoms with Gasteiger partial charge < -0.3 is 19.6 Å². The van der Waals surface area contributed by atoms with E-state index in [1.54, 1.807) is 12.0 Å². The molecule has 2 aromatic carbocycles. The molecule has 1 amide bonds. The third-order valence-corrected chi connectivity index (χ3v) is 6.01. The number of rotatable bonds is 4. The van der Waals surface area contributed by atoms with Gasteiger partial charge in [0.25, 0.3) is 5.91 Å². The summed E-state index contributed by atoms with van der Waals surface area (Å²) in [6, 6.07) is 15.9. The first-order valence-corrected chi connectivity index (χ1v) is 10.2. The number of hydrogen-bond acceptors (Lipinski definition) is 4. The average Bonchev–Trinajstić information content (AvgIpc) is 2.78. The minimum absolute atomic E-state index is 0.0475. The van der Waals surface area contributed by atoms with Gasteiger partial charge in [-0.25, -0.2) is 0 Å². The van der Waals surface area contributed by atoms with Crippen molar-refractivity contribution >= 4 is 17.4 Å². The van der Waals surface area contributed by atoms with Gasteiger partial charge >= 0.3 is 5.97 Å². The zero-order chi connectivity index (χ0) is 21.3. The van der Waals surface area contributed by atoms with Gasteiger partial charge in [0.2, 0.25) is 0 Å². The summed E-state index contributed by atoms with van der Waals surface area (Å²) in [5, 5.41) is 9.27. The highest BCUT2D eigenvalue weighted by atomic mass is 16.5. The Balaban J connectivity index is 1.80. The van der Waals surface area contributed by atoms with Crippen LogP contribution in [0.25, 0.3) is 5.57 Å². The van der Waals surface area contributed by atoms with Gasteiger partial charge in [-0.3, -0.25) is 9.59 Å². The first kappa shape index (κ1) is 20.0. The van der Waals surface area contributed by atoms with Crippen molar-refractivity contribution in [2.45, 2.75) is 19.4 Å². The first-order chi connectivity index (χ1) is 14.5. The van der Waals surface area contributed by atoms with Gasteiger partial charge in [-0.2, -0.15) is 0 Å². The minimum Gasteiger partial charge on any atom is -0.497 e. The lowest BCUT2D eigenvalue weighted by Crippen LogP contribution is -2.44. The fraction of sp³-hybridized carbons (Fsp3) is 0.333. The largest absolute Gasteiger partial charge is 0.497 e. The lowest BCUT2D eigenvalue weighted by atomic mass is 9.87. The van der Waals surface area contributed by atoms with E-state index in [2.05, 4.69) is 0 Å². The number of carboxylic acids is 1. The van der Waals surface area contributed by atoms with Crippen LogP contribution in [-0.2, 0) is 16.1 Å². The number of benzene rings is 2. The fourth-order valence-corrected chi connectivity index (χ4v) is 4.35. The van der Waals surface area contributed by atoms with E-state index in [1.165, 1.54) is 0 Å². The number of methoxy groups -OCH3 is 1. The van der Waals surface area contributed by atoms with Gasteiger partial charge in [-0.15, -0.1) is 0 Å². The van der Waals surface area contributed by atoms with Crippen molar-refractivity contribution in [2.75, 3.05) is 27.2 Å². The standard InChI is InChI=1S/C24H26N2O4/c1-25-15-18-8-9-19(30-2)14-20(18)21(16-6-4-3-5-7-16)22(25)23(27)26-12-10-17(11-13-26)24(28)29/h3-9,14,17H,10-13,15H2,1-2H3,(H,28,29). The normalized spacial score (nSPS) is 17.0. The van der Waals surface area contributed by atoms with E-state index in [4.69, 9.17) is 4.74 Å². The molecule has 0 aromatic heterocycles. The molecule has 1 saturated heterocycles. The van der Waals surface area contributed by atoms with E-state index in [0.717, 1.165) is 28.0 Å². The van der Waals surface area contributed by atoms with Crippen LogP contribution in [0.1, 0.15) is 29.5 Å². The van der Waals surface area contributed by atoms with E-state index in [0.29, 0.717) is 38.2 Å². The molecule has 6 nitrogen and oxygen atoms in total. The lowest BCUT2D eigenvalue weighted by Gasteiger charge is -2.37. The van der Waals surface area contributed by atoms with Crippen LogP contribution in [0, 0.1) is 5.92 Å². The highest BCUT2D eigenvalue weighted by Crippen LogP contribution is 2.38. The number of ether oxygens (including phenoxy) is 1. The monoisotopic (exact) mass is 406 g/mol. The first-order valence-electron chi connectivity index (χ1n) is 10.2. The highest BCUT2D eigenvalue weighted by Gasteiger charge is 2.34. The quantitative estimate of drug-likeness (QED) is 0.844. The Morgan fingerprint density at radius 1 is 1.07 bits per heavy atom. The number of likely N-dealkylation sites (tertiary alicyclic amines) is 1. The van der Waals surface area contributed by atoms with Crippen LogP contribution < -0.4 is 4.74 Å². The molecule has 0 aliphatic carbocycles. The number of aliphatic carboxylic acids is 1. The maximum Gasteiger partial charge on any atom is 0.306 e. The summed E-state index contributed by atoms with van der Waals surface area (Å²) in [6.07, 6.45) is 0.978. The smallest absolute Gasteiger partial charge is 0.306 e. The van der Waals surface area contributed by atoms with Gasteiger partial charge in [-0.05, 0) is 41.7 Å². The Bertz CT molecular complexity index is 992. The Hall–Kier alpha value is -3.28. The molecule has 2 heterocycles. The molecule has 4 rings (SSSR count). The second-order valence-corrected chi connectivity index (χ2v) is 7.87. The number of piperidine rings is 1. The molecule has 0 saturated carbocycles. The fourth-order valence-electron chi connectivity index (χ4n) is 4.35. The number of carbonyl (C=O) groups is 2. The number of likely N-dealkylation sites (N-methyl/N-ethyl adjacent to an activating group) is 1. The van der Waals surface area contributed by atoms with Gasteiger partial charge in [0.1, 0.15) is 11.4 Å². The van der Waals surface area contributed by atoms with Crippen molar-refractivity contribution in [3.63, 3.8) is 0 Å². The second-order valence-electron chi connectivity index (χ2n) is 7.87. The Labute approximate surface area is 176 Å². The molecule has 6 heteroatoms. The van der Waals surface area contributed by atoms with Crippen LogP contribution in [0.3, 0.4) is 0 Å². The predicted molar refractivity (Wildman–Crippen MR) is 114 cm³/mol. The molecular weight excluding hydrogens is 380 g/mol. The van der Waals surface area contributed by atoms with E-state index >= 15 is 0 Å². The summed E-state index contributed by atoms with van der Waals surface area (Å²) in [5.41, 5.74) is 4.65. The van der Waals surface area contributed by atoms with Crippen LogP contribution in [0.2, 0.25) is 0 Å². The molecule has 1 N–H and O–H groups in total. The molecule has 2 aromatic rings. The van der Waals surface area contributed by atoms with Crippen molar-refractivity contribution in [3.05, 3.63) is 70.9 Å². The van der Waals surface area contributed by atoms with Crippen LogP contribution in [0.4, 0.5) is 0 Å². The summed E-state index contributed by atoms with van der Waals surface area (Å²) in [7, 11) is 3.58. The van der Waals surface area contributed by atoms with Gasteiger partial charge in [0.15, 0.2) is 0 Å². The van der Waals surface area contributed by atoms with Crippen LogP contribution in [-0.4, -0.2) is 54.0 Å². The summed E-state index contributed by atoms with van der Waals surface area (Å²) < 4.78 is 5.45. The summed E-state index contributed by atoms with van der Waals surface area (Å²) in [4.78, 5) is 28.7. The summed E-state index contributed by atoms with van der Waals surface area (Å²) in [5.74, 6) is -0.442. The maximum absolute atomic E-state index is 13.6. The number of carbonyl (C=O) groups excluding carboxylic acids is 1. The molecule has 0 unspecified atom stereocenters. The Morgan fingerprint density at radius 2 is 1.77 bits per heavy atom. The van der Waals surface area contributed by atoms with Crippen LogP contribution in [0.5, 0.6) is 5.75 Å². The number of hydrogen-bond donors (Lipinski definition) is 1. The SMILES string of the molecule is COc1ccc2c(c1)C(c1ccccc1)=C(C(=O)N1CCC(C(=O)O)CC1)N(C)C2. The zero-order valence-corrected chi connectivity index (χ0v) is 17.3. The van der Waals surface area contributed by atoms with Crippen molar-refractivity contribution in [1.82, 2.24) is 9.80 Å².